The molecule has 1 aromatic carbocycles. The Labute approximate surface area is 124 Å². The average molecular weight is 352 g/mol. The smallest absolute Gasteiger partial charge is 0.239 e. The lowest BCUT2D eigenvalue weighted by Crippen LogP contribution is -2.11. The number of fused-ring (bicyclic) bond motifs is 1. The molecule has 3 aromatic rings. The van der Waals surface area contributed by atoms with E-state index >= 15 is 0 Å². The van der Waals surface area contributed by atoms with E-state index in [1.54, 1.807) is 30.3 Å². The number of hydrogen-bond acceptors (Lipinski definition) is 4. The number of aromatic nitrogens is 3. The van der Waals surface area contributed by atoms with Crippen LogP contribution in [0.25, 0.3) is 10.9 Å². The summed E-state index contributed by atoms with van der Waals surface area (Å²) in [5.41, 5.74) is 1.50. The van der Waals surface area contributed by atoms with Crippen LogP contribution in [-0.2, 0) is 10.0 Å². The average Bonchev–Trinajstić information content (AvgIpc) is 2.85. The van der Waals surface area contributed by atoms with Crippen molar-refractivity contribution < 1.29 is 8.42 Å². The van der Waals surface area contributed by atoms with Gasteiger partial charge in [0.2, 0.25) is 0 Å². The van der Waals surface area contributed by atoms with E-state index in [0.29, 0.717) is 15.5 Å². The molecule has 0 aliphatic heterocycles. The van der Waals surface area contributed by atoms with Crippen molar-refractivity contribution in [2.24, 2.45) is 0 Å². The Kier molecular flexibility index (Phi) is 3.10. The normalized spacial score (nSPS) is 11.9. The molecule has 0 unspecified atom stereocenters. The molecule has 0 saturated carbocycles. The van der Waals surface area contributed by atoms with E-state index in [9.17, 15) is 8.42 Å². The van der Waals surface area contributed by atoms with Gasteiger partial charge in [-0.15, -0.1) is 5.10 Å². The Hall–Kier alpha value is -1.73. The van der Waals surface area contributed by atoms with E-state index in [1.165, 1.54) is 16.4 Å². The molecule has 2 aromatic heterocycles. The molecular formula is C13H10BrN3O2S. The molecule has 2 heterocycles. The molecule has 0 bridgehead atoms. The minimum atomic E-state index is -3.63. The summed E-state index contributed by atoms with van der Waals surface area (Å²) in [5, 5.41) is 8.33. The fourth-order valence-electron chi connectivity index (χ4n) is 1.95. The SMILES string of the molecule is Cc1ccc(S(=O)(=O)n2ccc3c(Br)nncc32)cc1. The van der Waals surface area contributed by atoms with Crippen LogP contribution < -0.4 is 0 Å². The lowest BCUT2D eigenvalue weighted by atomic mass is 10.2. The number of nitrogens with zero attached hydrogens (tertiary/aromatic N) is 3. The quantitative estimate of drug-likeness (QED) is 0.711. The molecule has 0 radical (unpaired) electrons. The summed E-state index contributed by atoms with van der Waals surface area (Å²) in [6.45, 7) is 1.91. The molecule has 7 heteroatoms. The number of hydrogen-bond donors (Lipinski definition) is 0. The molecule has 0 N–H and O–H groups in total. The van der Waals surface area contributed by atoms with Crippen LogP contribution in [0.4, 0.5) is 0 Å². The third kappa shape index (κ3) is 2.03. The van der Waals surface area contributed by atoms with Gasteiger partial charge in [-0.3, -0.25) is 0 Å². The highest BCUT2D eigenvalue weighted by molar-refractivity contribution is 9.10. The summed E-state index contributed by atoms with van der Waals surface area (Å²) in [5.74, 6) is 0. The Bertz CT molecular complexity index is 886. The second-order valence-electron chi connectivity index (χ2n) is 4.36. The molecule has 0 amide bonds. The largest absolute Gasteiger partial charge is 0.268 e. The summed E-state index contributed by atoms with van der Waals surface area (Å²) < 4.78 is 27.0. The summed E-state index contributed by atoms with van der Waals surface area (Å²) in [7, 11) is -3.63. The Morgan fingerprint density at radius 1 is 1.15 bits per heavy atom. The Morgan fingerprint density at radius 3 is 2.55 bits per heavy atom. The first kappa shape index (κ1) is 13.3. The molecule has 0 saturated heterocycles. The fourth-order valence-corrected chi connectivity index (χ4v) is 3.71. The van der Waals surface area contributed by atoms with Crippen molar-refractivity contribution in [2.75, 3.05) is 0 Å². The van der Waals surface area contributed by atoms with E-state index < -0.39 is 10.0 Å². The van der Waals surface area contributed by atoms with Gasteiger partial charge in [0.25, 0.3) is 10.0 Å². The minimum Gasteiger partial charge on any atom is -0.239 e. The highest BCUT2D eigenvalue weighted by atomic mass is 79.9. The molecule has 5 nitrogen and oxygen atoms in total. The topological polar surface area (TPSA) is 64.8 Å². The van der Waals surface area contributed by atoms with Crippen molar-refractivity contribution in [3.8, 4) is 0 Å². The van der Waals surface area contributed by atoms with Gasteiger partial charge in [-0.25, -0.2) is 12.4 Å². The summed E-state index contributed by atoms with van der Waals surface area (Å²) in [6.07, 6.45) is 2.94. The Balaban J connectivity index is 2.24. The van der Waals surface area contributed by atoms with Crippen LogP contribution in [-0.4, -0.2) is 22.6 Å². The van der Waals surface area contributed by atoms with E-state index in [0.717, 1.165) is 5.56 Å². The van der Waals surface area contributed by atoms with Crippen LogP contribution in [0.3, 0.4) is 0 Å². The first-order chi connectivity index (χ1) is 9.50. The van der Waals surface area contributed by atoms with E-state index in [4.69, 9.17) is 0 Å². The standard InChI is InChI=1S/C13H10BrN3O2S/c1-9-2-4-10(5-3-9)20(18,19)17-7-6-11-12(17)8-15-16-13(11)14/h2-8H,1H3. The lowest BCUT2D eigenvalue weighted by molar-refractivity contribution is 0.589. The molecular weight excluding hydrogens is 342 g/mol. The molecule has 3 rings (SSSR count). The second-order valence-corrected chi connectivity index (χ2v) is 6.93. The third-order valence-electron chi connectivity index (χ3n) is 3.02. The zero-order chi connectivity index (χ0) is 14.3. The van der Waals surface area contributed by atoms with Crippen molar-refractivity contribution >= 4 is 36.9 Å². The van der Waals surface area contributed by atoms with Gasteiger partial charge in [0.15, 0.2) is 0 Å². The van der Waals surface area contributed by atoms with Gasteiger partial charge < -0.3 is 0 Å². The zero-order valence-electron chi connectivity index (χ0n) is 10.5. The predicted octanol–water partition coefficient (Wildman–Crippen LogP) is 2.74. The van der Waals surface area contributed by atoms with Gasteiger partial charge in [-0.2, -0.15) is 5.10 Å². The second kappa shape index (κ2) is 4.68. The van der Waals surface area contributed by atoms with Crippen LogP contribution in [0.15, 0.2) is 52.2 Å². The summed E-state index contributed by atoms with van der Waals surface area (Å²) in [6, 6.07) is 8.43. The van der Waals surface area contributed by atoms with Crippen LogP contribution in [0.1, 0.15) is 5.56 Å². The van der Waals surface area contributed by atoms with Crippen molar-refractivity contribution in [1.29, 1.82) is 0 Å². The van der Waals surface area contributed by atoms with Crippen LogP contribution in [0.5, 0.6) is 0 Å². The van der Waals surface area contributed by atoms with Crippen LogP contribution in [0, 0.1) is 6.92 Å². The maximum Gasteiger partial charge on any atom is 0.268 e. The maximum atomic E-state index is 12.6. The highest BCUT2D eigenvalue weighted by Crippen LogP contribution is 2.25. The maximum absolute atomic E-state index is 12.6. The molecule has 0 spiro atoms. The first-order valence-corrected chi connectivity index (χ1v) is 8.04. The van der Waals surface area contributed by atoms with E-state index in [-0.39, 0.29) is 4.90 Å². The highest BCUT2D eigenvalue weighted by Gasteiger charge is 2.19. The molecule has 0 aliphatic carbocycles. The number of benzene rings is 1. The molecule has 20 heavy (non-hydrogen) atoms. The number of halogens is 1. The van der Waals surface area contributed by atoms with Crippen molar-refractivity contribution in [3.05, 3.63) is 52.9 Å². The fraction of sp³-hybridized carbons (Fsp3) is 0.0769. The minimum absolute atomic E-state index is 0.244. The summed E-state index contributed by atoms with van der Waals surface area (Å²) >= 11 is 3.26. The van der Waals surface area contributed by atoms with Crippen molar-refractivity contribution in [3.63, 3.8) is 0 Å². The van der Waals surface area contributed by atoms with Crippen molar-refractivity contribution in [1.82, 2.24) is 14.2 Å². The van der Waals surface area contributed by atoms with E-state index in [1.807, 2.05) is 6.92 Å². The molecule has 0 atom stereocenters. The number of aryl methyl sites for hydroxylation is 1. The van der Waals surface area contributed by atoms with Gasteiger partial charge in [-0.1, -0.05) is 17.7 Å². The van der Waals surface area contributed by atoms with Crippen molar-refractivity contribution in [2.45, 2.75) is 11.8 Å². The van der Waals surface area contributed by atoms with Gasteiger partial charge in [0.05, 0.1) is 16.6 Å². The number of rotatable bonds is 2. The van der Waals surface area contributed by atoms with Gasteiger partial charge in [0, 0.05) is 11.6 Å². The first-order valence-electron chi connectivity index (χ1n) is 5.80. The monoisotopic (exact) mass is 351 g/mol. The van der Waals surface area contributed by atoms with Crippen LogP contribution >= 0.6 is 15.9 Å². The lowest BCUT2D eigenvalue weighted by Gasteiger charge is -2.07. The molecule has 0 aliphatic rings. The zero-order valence-corrected chi connectivity index (χ0v) is 12.9. The Morgan fingerprint density at radius 2 is 1.85 bits per heavy atom. The van der Waals surface area contributed by atoms with E-state index in [2.05, 4.69) is 26.1 Å². The van der Waals surface area contributed by atoms with Gasteiger partial charge >= 0.3 is 0 Å². The van der Waals surface area contributed by atoms with Gasteiger partial charge in [-0.05, 0) is 41.1 Å². The molecule has 0 fully saturated rings. The third-order valence-corrected chi connectivity index (χ3v) is 5.31. The predicted molar refractivity (Wildman–Crippen MR) is 79.0 cm³/mol. The molecule has 102 valence electrons. The van der Waals surface area contributed by atoms with Crippen LogP contribution in [0.2, 0.25) is 0 Å². The summed E-state index contributed by atoms with van der Waals surface area (Å²) in [4.78, 5) is 0.244. The van der Waals surface area contributed by atoms with Gasteiger partial charge in [0.1, 0.15) is 4.60 Å².